The topological polar surface area (TPSA) is 66.8 Å². The summed E-state index contributed by atoms with van der Waals surface area (Å²) in [6, 6.07) is 3.26. The van der Waals surface area contributed by atoms with Gasteiger partial charge in [-0.15, -0.1) is 0 Å². The third kappa shape index (κ3) is 3.01. The zero-order valence-electron chi connectivity index (χ0n) is 10.7. The van der Waals surface area contributed by atoms with E-state index in [4.69, 9.17) is 21.4 Å². The van der Waals surface area contributed by atoms with Crippen LogP contribution in [0.4, 0.5) is 0 Å². The first kappa shape index (κ1) is 15.4. The first-order chi connectivity index (χ1) is 9.43. The number of carboxylic acid groups (broad SMARTS) is 1. The number of carbonyl (C=O) groups excluding carboxylic acids is 1. The van der Waals surface area contributed by atoms with Gasteiger partial charge in [0, 0.05) is 16.7 Å². The molecule has 1 aliphatic rings. The number of carbonyl (C=O) groups is 2. The maximum Gasteiger partial charge on any atom is 0.308 e. The molecule has 0 aliphatic carbocycles. The van der Waals surface area contributed by atoms with Crippen molar-refractivity contribution in [2.24, 2.45) is 5.92 Å². The Kier molecular flexibility index (Phi) is 4.74. The molecule has 5 nitrogen and oxygen atoms in total. The summed E-state index contributed by atoms with van der Waals surface area (Å²) >= 11 is 8.10. The molecule has 108 valence electrons. The minimum atomic E-state index is -0.868. The average Bonchev–Trinajstić information content (AvgIpc) is 2.90. The summed E-state index contributed by atoms with van der Waals surface area (Å²) < 4.78 is 6.00. The summed E-state index contributed by atoms with van der Waals surface area (Å²) in [7, 11) is 1.49. The lowest BCUT2D eigenvalue weighted by Crippen LogP contribution is -2.30. The summed E-state index contributed by atoms with van der Waals surface area (Å²) in [4.78, 5) is 24.9. The molecule has 0 bridgehead atoms. The van der Waals surface area contributed by atoms with Crippen LogP contribution in [-0.2, 0) is 4.79 Å². The standard InChI is InChI=1S/C13H13ClINO4/c1-20-11-5-10(15)9(14)4-8(11)12(17)16-3-2-7(6-16)13(18)19/h4-5,7H,2-3,6H2,1H3,(H,18,19). The Morgan fingerprint density at radius 3 is 2.75 bits per heavy atom. The zero-order chi connectivity index (χ0) is 14.9. The van der Waals surface area contributed by atoms with Gasteiger partial charge in [-0.05, 0) is 41.1 Å². The number of carboxylic acids is 1. The highest BCUT2D eigenvalue weighted by Gasteiger charge is 2.32. The minimum absolute atomic E-state index is 0.223. The van der Waals surface area contributed by atoms with E-state index >= 15 is 0 Å². The molecule has 1 amide bonds. The van der Waals surface area contributed by atoms with Gasteiger partial charge in [-0.1, -0.05) is 11.6 Å². The van der Waals surface area contributed by atoms with Crippen molar-refractivity contribution in [1.82, 2.24) is 4.90 Å². The van der Waals surface area contributed by atoms with Crippen LogP contribution >= 0.6 is 34.2 Å². The Bertz CT molecular complexity index is 564. The first-order valence-corrected chi connectivity index (χ1v) is 7.44. The average molecular weight is 410 g/mol. The summed E-state index contributed by atoms with van der Waals surface area (Å²) in [5.74, 6) is -1.16. The van der Waals surface area contributed by atoms with Crippen molar-refractivity contribution in [3.05, 3.63) is 26.3 Å². The van der Waals surface area contributed by atoms with E-state index in [9.17, 15) is 9.59 Å². The SMILES string of the molecule is COc1cc(I)c(Cl)cc1C(=O)N1CCC(C(=O)O)C1. The van der Waals surface area contributed by atoms with Crippen LogP contribution in [0.1, 0.15) is 16.8 Å². The fourth-order valence-electron chi connectivity index (χ4n) is 2.18. The smallest absolute Gasteiger partial charge is 0.308 e. The second kappa shape index (κ2) is 6.17. The van der Waals surface area contributed by atoms with Crippen molar-refractivity contribution in [1.29, 1.82) is 0 Å². The summed E-state index contributed by atoms with van der Waals surface area (Å²) in [5, 5.41) is 9.46. The largest absolute Gasteiger partial charge is 0.496 e. The number of nitrogens with zero attached hydrogens (tertiary/aromatic N) is 1. The van der Waals surface area contributed by atoms with E-state index in [0.29, 0.717) is 29.3 Å². The monoisotopic (exact) mass is 409 g/mol. The van der Waals surface area contributed by atoms with Gasteiger partial charge in [0.25, 0.3) is 5.91 Å². The van der Waals surface area contributed by atoms with Crippen LogP contribution in [0.3, 0.4) is 0 Å². The minimum Gasteiger partial charge on any atom is -0.496 e. The fraction of sp³-hybridized carbons (Fsp3) is 0.385. The Hall–Kier alpha value is -1.02. The predicted molar refractivity (Wildman–Crippen MR) is 82.4 cm³/mol. The molecule has 0 radical (unpaired) electrons. The maximum absolute atomic E-state index is 12.5. The van der Waals surface area contributed by atoms with E-state index in [-0.39, 0.29) is 12.5 Å². The van der Waals surface area contributed by atoms with E-state index in [1.807, 2.05) is 0 Å². The van der Waals surface area contributed by atoms with E-state index < -0.39 is 11.9 Å². The van der Waals surface area contributed by atoms with Crippen molar-refractivity contribution < 1.29 is 19.4 Å². The number of methoxy groups -OCH3 is 1. The highest BCUT2D eigenvalue weighted by Crippen LogP contribution is 2.30. The van der Waals surface area contributed by atoms with Gasteiger partial charge in [-0.2, -0.15) is 0 Å². The van der Waals surface area contributed by atoms with Crippen molar-refractivity contribution >= 4 is 46.1 Å². The van der Waals surface area contributed by atoms with Gasteiger partial charge >= 0.3 is 5.97 Å². The maximum atomic E-state index is 12.5. The number of benzene rings is 1. The zero-order valence-corrected chi connectivity index (χ0v) is 13.6. The molecule has 1 aromatic rings. The molecule has 7 heteroatoms. The van der Waals surface area contributed by atoms with E-state index in [1.54, 1.807) is 12.1 Å². The molecule has 1 fully saturated rings. The van der Waals surface area contributed by atoms with Gasteiger partial charge in [0.05, 0.1) is 23.6 Å². The molecule has 1 unspecified atom stereocenters. The van der Waals surface area contributed by atoms with Crippen molar-refractivity contribution in [2.75, 3.05) is 20.2 Å². The quantitative estimate of drug-likeness (QED) is 0.779. The fourth-order valence-corrected chi connectivity index (χ4v) is 2.78. The molecule has 1 atom stereocenters. The molecular formula is C13H13ClINO4. The number of likely N-dealkylation sites (tertiary alicyclic amines) is 1. The molecule has 1 aliphatic heterocycles. The molecule has 0 aromatic heterocycles. The molecule has 1 aromatic carbocycles. The number of hydrogen-bond donors (Lipinski definition) is 1. The number of halogens is 2. The molecule has 1 saturated heterocycles. The molecule has 0 spiro atoms. The lowest BCUT2D eigenvalue weighted by Gasteiger charge is -2.18. The van der Waals surface area contributed by atoms with Crippen LogP contribution in [0.15, 0.2) is 12.1 Å². The Labute approximate surface area is 135 Å². The third-order valence-corrected chi connectivity index (χ3v) is 4.82. The number of hydrogen-bond acceptors (Lipinski definition) is 3. The second-order valence-electron chi connectivity index (χ2n) is 4.54. The molecule has 1 N–H and O–H groups in total. The van der Waals surface area contributed by atoms with Gasteiger partial charge in [-0.25, -0.2) is 0 Å². The van der Waals surface area contributed by atoms with Crippen LogP contribution in [-0.4, -0.2) is 42.1 Å². The van der Waals surface area contributed by atoms with Gasteiger partial charge in [0.1, 0.15) is 5.75 Å². The third-order valence-electron chi connectivity index (χ3n) is 3.30. The van der Waals surface area contributed by atoms with Crippen LogP contribution < -0.4 is 4.74 Å². The lowest BCUT2D eigenvalue weighted by atomic mass is 10.1. The van der Waals surface area contributed by atoms with Crippen molar-refractivity contribution in [3.8, 4) is 5.75 Å². The lowest BCUT2D eigenvalue weighted by molar-refractivity contribution is -0.141. The van der Waals surface area contributed by atoms with Crippen LogP contribution in [0.2, 0.25) is 5.02 Å². The Morgan fingerprint density at radius 2 is 2.20 bits per heavy atom. The molecular weight excluding hydrogens is 397 g/mol. The highest BCUT2D eigenvalue weighted by atomic mass is 127. The number of rotatable bonds is 3. The molecule has 1 heterocycles. The number of ether oxygens (including phenoxy) is 1. The highest BCUT2D eigenvalue weighted by molar-refractivity contribution is 14.1. The van der Waals surface area contributed by atoms with Crippen molar-refractivity contribution in [2.45, 2.75) is 6.42 Å². The van der Waals surface area contributed by atoms with Gasteiger partial charge in [0.2, 0.25) is 0 Å². The van der Waals surface area contributed by atoms with E-state index in [1.165, 1.54) is 12.0 Å². The first-order valence-electron chi connectivity index (χ1n) is 5.99. The normalized spacial score (nSPS) is 18.1. The predicted octanol–water partition coefficient (Wildman–Crippen LogP) is 2.50. The Balaban J connectivity index is 2.26. The summed E-state index contributed by atoms with van der Waals surface area (Å²) in [6.07, 6.45) is 0.474. The molecule has 0 saturated carbocycles. The summed E-state index contributed by atoms with van der Waals surface area (Å²) in [6.45, 7) is 0.656. The number of aliphatic carboxylic acids is 1. The molecule has 2 rings (SSSR count). The Morgan fingerprint density at radius 1 is 1.50 bits per heavy atom. The van der Waals surface area contributed by atoms with Crippen LogP contribution in [0.25, 0.3) is 0 Å². The van der Waals surface area contributed by atoms with E-state index in [0.717, 1.165) is 3.57 Å². The van der Waals surface area contributed by atoms with Crippen molar-refractivity contribution in [3.63, 3.8) is 0 Å². The van der Waals surface area contributed by atoms with Crippen LogP contribution in [0.5, 0.6) is 5.75 Å². The van der Waals surface area contributed by atoms with Gasteiger partial charge < -0.3 is 14.7 Å². The summed E-state index contributed by atoms with van der Waals surface area (Å²) in [5.41, 5.74) is 0.365. The van der Waals surface area contributed by atoms with Gasteiger partial charge in [0.15, 0.2) is 0 Å². The number of amides is 1. The second-order valence-corrected chi connectivity index (χ2v) is 6.11. The molecule has 20 heavy (non-hydrogen) atoms. The van der Waals surface area contributed by atoms with E-state index in [2.05, 4.69) is 22.6 Å². The van der Waals surface area contributed by atoms with Gasteiger partial charge in [-0.3, -0.25) is 9.59 Å². The van der Waals surface area contributed by atoms with Crippen LogP contribution in [0, 0.1) is 9.49 Å².